The fraction of sp³-hybridized carbons (Fsp3) is 0.182. The molecule has 1 heterocycles. The molecule has 0 saturated heterocycles. The van der Waals surface area contributed by atoms with Crippen LogP contribution in [0.4, 0.5) is 0 Å². The van der Waals surface area contributed by atoms with Gasteiger partial charge in [-0.25, -0.2) is 4.98 Å². The van der Waals surface area contributed by atoms with Crippen molar-refractivity contribution in [3.8, 4) is 22.8 Å². The number of phenols is 1. The van der Waals surface area contributed by atoms with E-state index in [-0.39, 0.29) is 5.75 Å². The van der Waals surface area contributed by atoms with E-state index in [0.717, 1.165) is 11.3 Å². The Morgan fingerprint density at radius 2 is 2.33 bits per heavy atom. The fourth-order valence-electron chi connectivity index (χ4n) is 1.37. The first kappa shape index (κ1) is 9.58. The summed E-state index contributed by atoms with van der Waals surface area (Å²) < 4.78 is 5.29. The molecule has 78 valence electrons. The van der Waals surface area contributed by atoms with E-state index >= 15 is 0 Å². The quantitative estimate of drug-likeness (QED) is 0.805. The molecule has 4 heteroatoms. The second-order valence-corrected chi connectivity index (χ2v) is 3.08. The molecule has 0 bridgehead atoms. The monoisotopic (exact) mass is 204 g/mol. The van der Waals surface area contributed by atoms with E-state index in [1.807, 2.05) is 13.0 Å². The topological polar surface area (TPSA) is 58.1 Å². The molecular formula is C11H12N2O2. The van der Waals surface area contributed by atoms with Gasteiger partial charge in [0.1, 0.15) is 0 Å². The van der Waals surface area contributed by atoms with E-state index < -0.39 is 0 Å². The number of nitrogens with one attached hydrogen (secondary N) is 1. The van der Waals surface area contributed by atoms with Gasteiger partial charge in [-0.3, -0.25) is 0 Å². The van der Waals surface area contributed by atoms with Crippen LogP contribution in [-0.2, 0) is 0 Å². The van der Waals surface area contributed by atoms with Crippen LogP contribution in [0.15, 0.2) is 30.7 Å². The van der Waals surface area contributed by atoms with Crippen LogP contribution in [0.5, 0.6) is 11.5 Å². The lowest BCUT2D eigenvalue weighted by Gasteiger charge is -2.07. The van der Waals surface area contributed by atoms with Crippen LogP contribution in [0.3, 0.4) is 0 Å². The molecular weight excluding hydrogens is 192 g/mol. The lowest BCUT2D eigenvalue weighted by molar-refractivity contribution is 0.318. The summed E-state index contributed by atoms with van der Waals surface area (Å²) in [5, 5.41) is 9.51. The average molecular weight is 204 g/mol. The Morgan fingerprint density at radius 3 is 3.00 bits per heavy atom. The summed E-state index contributed by atoms with van der Waals surface area (Å²) in [6.07, 6.45) is 3.34. The highest BCUT2D eigenvalue weighted by molar-refractivity contribution is 5.62. The van der Waals surface area contributed by atoms with Gasteiger partial charge in [-0.15, -0.1) is 0 Å². The molecule has 0 fully saturated rings. The number of aromatic amines is 1. The van der Waals surface area contributed by atoms with Crippen molar-refractivity contribution in [3.63, 3.8) is 0 Å². The first-order valence-electron chi connectivity index (χ1n) is 4.76. The minimum absolute atomic E-state index is 0.153. The SMILES string of the molecule is CCOc1cc(-c2cnc[nH]2)ccc1O. The summed E-state index contributed by atoms with van der Waals surface area (Å²) in [5.41, 5.74) is 1.84. The van der Waals surface area contributed by atoms with Gasteiger partial charge >= 0.3 is 0 Å². The van der Waals surface area contributed by atoms with Gasteiger partial charge in [0.15, 0.2) is 11.5 Å². The van der Waals surface area contributed by atoms with Crippen LogP contribution in [0.1, 0.15) is 6.92 Å². The van der Waals surface area contributed by atoms with Crippen molar-refractivity contribution in [2.45, 2.75) is 6.92 Å². The van der Waals surface area contributed by atoms with E-state index in [2.05, 4.69) is 9.97 Å². The lowest BCUT2D eigenvalue weighted by atomic mass is 10.1. The van der Waals surface area contributed by atoms with Gasteiger partial charge < -0.3 is 14.8 Å². The highest BCUT2D eigenvalue weighted by Gasteiger charge is 2.05. The number of ether oxygens (including phenoxy) is 1. The molecule has 1 aromatic heterocycles. The maximum Gasteiger partial charge on any atom is 0.161 e. The summed E-state index contributed by atoms with van der Waals surface area (Å²) in [6.45, 7) is 2.41. The van der Waals surface area contributed by atoms with Crippen molar-refractivity contribution in [2.75, 3.05) is 6.61 Å². The molecule has 0 radical (unpaired) electrons. The Morgan fingerprint density at radius 1 is 1.47 bits per heavy atom. The summed E-state index contributed by atoms with van der Waals surface area (Å²) >= 11 is 0. The molecule has 0 atom stereocenters. The van der Waals surface area contributed by atoms with Crippen molar-refractivity contribution in [2.24, 2.45) is 0 Å². The standard InChI is InChI=1S/C11H12N2O2/c1-2-15-11-5-8(3-4-10(11)14)9-6-12-7-13-9/h3-7,14H,2H2,1H3,(H,12,13). The van der Waals surface area contributed by atoms with E-state index in [1.54, 1.807) is 24.7 Å². The van der Waals surface area contributed by atoms with Crippen molar-refractivity contribution in [1.82, 2.24) is 9.97 Å². The molecule has 2 aromatic rings. The third-order valence-corrected chi connectivity index (χ3v) is 2.07. The summed E-state index contributed by atoms with van der Waals surface area (Å²) in [7, 11) is 0. The number of hydrogen-bond donors (Lipinski definition) is 2. The van der Waals surface area contributed by atoms with E-state index in [9.17, 15) is 5.11 Å². The molecule has 1 aromatic carbocycles. The molecule has 2 rings (SSSR count). The minimum atomic E-state index is 0.153. The van der Waals surface area contributed by atoms with E-state index in [4.69, 9.17) is 4.74 Å². The summed E-state index contributed by atoms with van der Waals surface area (Å²) in [6, 6.07) is 5.21. The Bertz CT molecular complexity index is 438. The number of aromatic hydroxyl groups is 1. The number of imidazole rings is 1. The molecule has 2 N–H and O–H groups in total. The number of rotatable bonds is 3. The van der Waals surface area contributed by atoms with Gasteiger partial charge in [0.05, 0.1) is 24.8 Å². The number of H-pyrrole nitrogens is 1. The second kappa shape index (κ2) is 4.04. The van der Waals surface area contributed by atoms with Crippen LogP contribution in [0, 0.1) is 0 Å². The predicted octanol–water partition coefficient (Wildman–Crippen LogP) is 2.18. The zero-order valence-electron chi connectivity index (χ0n) is 8.40. The number of phenolic OH excluding ortho intramolecular Hbond substituents is 1. The predicted molar refractivity (Wildman–Crippen MR) is 56.9 cm³/mol. The average Bonchev–Trinajstić information content (AvgIpc) is 2.75. The molecule has 15 heavy (non-hydrogen) atoms. The molecule has 4 nitrogen and oxygen atoms in total. The third kappa shape index (κ3) is 1.93. The largest absolute Gasteiger partial charge is 0.504 e. The van der Waals surface area contributed by atoms with Gasteiger partial charge in [-0.05, 0) is 25.1 Å². The smallest absolute Gasteiger partial charge is 0.161 e. The number of benzene rings is 1. The Balaban J connectivity index is 2.38. The first-order valence-corrected chi connectivity index (χ1v) is 4.76. The fourth-order valence-corrected chi connectivity index (χ4v) is 1.37. The van der Waals surface area contributed by atoms with Gasteiger partial charge in [-0.2, -0.15) is 0 Å². The molecule has 0 aliphatic rings. The van der Waals surface area contributed by atoms with Crippen LogP contribution < -0.4 is 4.74 Å². The maximum atomic E-state index is 9.51. The van der Waals surface area contributed by atoms with Crippen molar-refractivity contribution in [3.05, 3.63) is 30.7 Å². The zero-order valence-corrected chi connectivity index (χ0v) is 8.40. The Labute approximate surface area is 87.6 Å². The van der Waals surface area contributed by atoms with Crippen LogP contribution in [0.25, 0.3) is 11.3 Å². The van der Waals surface area contributed by atoms with Crippen LogP contribution in [0.2, 0.25) is 0 Å². The Kier molecular flexibility index (Phi) is 2.58. The molecule has 0 aliphatic heterocycles. The van der Waals surface area contributed by atoms with Gasteiger partial charge in [0.25, 0.3) is 0 Å². The number of hydrogen-bond acceptors (Lipinski definition) is 3. The van der Waals surface area contributed by atoms with Crippen molar-refractivity contribution < 1.29 is 9.84 Å². The molecule has 0 saturated carbocycles. The first-order chi connectivity index (χ1) is 7.31. The highest BCUT2D eigenvalue weighted by atomic mass is 16.5. The van der Waals surface area contributed by atoms with Crippen molar-refractivity contribution >= 4 is 0 Å². The van der Waals surface area contributed by atoms with Crippen LogP contribution >= 0.6 is 0 Å². The van der Waals surface area contributed by atoms with Crippen molar-refractivity contribution in [1.29, 1.82) is 0 Å². The normalized spacial score (nSPS) is 10.2. The number of nitrogens with zero attached hydrogens (tertiary/aromatic N) is 1. The van der Waals surface area contributed by atoms with Gasteiger partial charge in [0, 0.05) is 5.56 Å². The Hall–Kier alpha value is -1.97. The third-order valence-electron chi connectivity index (χ3n) is 2.07. The van der Waals surface area contributed by atoms with Crippen LogP contribution in [-0.4, -0.2) is 21.7 Å². The summed E-state index contributed by atoms with van der Waals surface area (Å²) in [4.78, 5) is 6.93. The maximum absolute atomic E-state index is 9.51. The lowest BCUT2D eigenvalue weighted by Crippen LogP contribution is -1.92. The van der Waals surface area contributed by atoms with Gasteiger partial charge in [-0.1, -0.05) is 0 Å². The molecule has 0 amide bonds. The highest BCUT2D eigenvalue weighted by Crippen LogP contribution is 2.30. The molecule has 0 spiro atoms. The van der Waals surface area contributed by atoms with Gasteiger partial charge in [0.2, 0.25) is 0 Å². The van der Waals surface area contributed by atoms with E-state index in [1.165, 1.54) is 0 Å². The van der Waals surface area contributed by atoms with E-state index in [0.29, 0.717) is 12.4 Å². The molecule has 0 aliphatic carbocycles. The minimum Gasteiger partial charge on any atom is -0.504 e. The summed E-state index contributed by atoms with van der Waals surface area (Å²) in [5.74, 6) is 0.643. The molecule has 0 unspecified atom stereocenters. The second-order valence-electron chi connectivity index (χ2n) is 3.08. The zero-order chi connectivity index (χ0) is 10.7. The number of aromatic nitrogens is 2.